The minimum absolute atomic E-state index is 0.353. The first-order valence-electron chi connectivity index (χ1n) is 9.88. The van der Waals surface area contributed by atoms with Gasteiger partial charge in [-0.3, -0.25) is 0 Å². The standard InChI is InChI=1S/C25H23N3O/c1-28-15-21-13-20(25-4-3-11-26-27-25)8-10-23(21)24(16-28)19-6-5-18-14-22(29-2)9-7-17(18)12-19/h3-14,24H,15-16H2,1-2H3. The lowest BCUT2D eigenvalue weighted by molar-refractivity contribution is 0.295. The molecular weight excluding hydrogens is 358 g/mol. The van der Waals surface area contributed by atoms with Gasteiger partial charge in [0.2, 0.25) is 0 Å². The van der Waals surface area contributed by atoms with E-state index < -0.39 is 0 Å². The Bertz CT molecular complexity index is 1170. The Morgan fingerprint density at radius 3 is 2.66 bits per heavy atom. The molecule has 0 bridgehead atoms. The normalized spacial score (nSPS) is 16.6. The van der Waals surface area contributed by atoms with E-state index in [9.17, 15) is 0 Å². The summed E-state index contributed by atoms with van der Waals surface area (Å²) in [6.45, 7) is 1.96. The first kappa shape index (κ1) is 17.8. The fourth-order valence-electron chi connectivity index (χ4n) is 4.33. The highest BCUT2D eigenvalue weighted by molar-refractivity contribution is 5.84. The average molecular weight is 381 g/mol. The molecule has 1 aliphatic rings. The van der Waals surface area contributed by atoms with E-state index in [1.54, 1.807) is 13.3 Å². The van der Waals surface area contributed by atoms with Crippen LogP contribution in [0.25, 0.3) is 22.0 Å². The topological polar surface area (TPSA) is 38.2 Å². The number of fused-ring (bicyclic) bond motifs is 2. The van der Waals surface area contributed by atoms with Crippen molar-refractivity contribution in [3.05, 3.63) is 89.6 Å². The first-order valence-corrected chi connectivity index (χ1v) is 9.88. The SMILES string of the molecule is COc1ccc2cc(C3CN(C)Cc4cc(-c5cccnn5)ccc43)ccc2c1. The van der Waals surface area contributed by atoms with Gasteiger partial charge in [-0.1, -0.05) is 36.4 Å². The smallest absolute Gasteiger partial charge is 0.119 e. The van der Waals surface area contributed by atoms with E-state index in [1.165, 1.54) is 27.5 Å². The molecule has 2 heterocycles. The molecule has 1 unspecified atom stereocenters. The van der Waals surface area contributed by atoms with Gasteiger partial charge in [0, 0.05) is 30.8 Å². The van der Waals surface area contributed by atoms with E-state index in [1.807, 2.05) is 18.2 Å². The summed E-state index contributed by atoms with van der Waals surface area (Å²) in [7, 11) is 3.90. The number of hydrogen-bond acceptors (Lipinski definition) is 4. The van der Waals surface area contributed by atoms with Gasteiger partial charge in [0.05, 0.1) is 12.8 Å². The number of hydrogen-bond donors (Lipinski definition) is 0. The Hall–Kier alpha value is -3.24. The fraction of sp³-hybridized carbons (Fsp3) is 0.200. The van der Waals surface area contributed by atoms with Crippen molar-refractivity contribution in [1.29, 1.82) is 0 Å². The fourth-order valence-corrected chi connectivity index (χ4v) is 4.33. The van der Waals surface area contributed by atoms with Crippen molar-refractivity contribution in [2.45, 2.75) is 12.5 Å². The second kappa shape index (κ2) is 7.30. The lowest BCUT2D eigenvalue weighted by atomic mass is 9.83. The van der Waals surface area contributed by atoms with Crippen LogP contribution in [0.15, 0.2) is 72.9 Å². The molecule has 3 aromatic carbocycles. The molecule has 0 spiro atoms. The minimum Gasteiger partial charge on any atom is -0.497 e. The monoisotopic (exact) mass is 381 g/mol. The van der Waals surface area contributed by atoms with Gasteiger partial charge in [0.1, 0.15) is 5.75 Å². The van der Waals surface area contributed by atoms with Crippen molar-refractivity contribution in [1.82, 2.24) is 15.1 Å². The van der Waals surface area contributed by atoms with Crippen molar-refractivity contribution >= 4 is 10.8 Å². The van der Waals surface area contributed by atoms with E-state index >= 15 is 0 Å². The lowest BCUT2D eigenvalue weighted by Crippen LogP contribution is -2.31. The largest absolute Gasteiger partial charge is 0.497 e. The lowest BCUT2D eigenvalue weighted by Gasteiger charge is -2.33. The second-order valence-electron chi connectivity index (χ2n) is 7.74. The van der Waals surface area contributed by atoms with Crippen LogP contribution < -0.4 is 4.74 Å². The van der Waals surface area contributed by atoms with E-state index in [2.05, 4.69) is 70.7 Å². The third-order valence-electron chi connectivity index (χ3n) is 5.79. The molecule has 0 radical (unpaired) electrons. The molecule has 1 atom stereocenters. The molecule has 144 valence electrons. The Kier molecular flexibility index (Phi) is 4.49. The Morgan fingerprint density at radius 2 is 1.83 bits per heavy atom. The predicted molar refractivity (Wildman–Crippen MR) is 116 cm³/mol. The number of benzene rings is 3. The van der Waals surface area contributed by atoms with Gasteiger partial charge in [-0.05, 0) is 64.8 Å². The van der Waals surface area contributed by atoms with Crippen molar-refractivity contribution in [3.8, 4) is 17.0 Å². The predicted octanol–water partition coefficient (Wildman–Crippen LogP) is 4.88. The average Bonchev–Trinajstić information content (AvgIpc) is 2.78. The summed E-state index contributed by atoms with van der Waals surface area (Å²) in [5.41, 5.74) is 6.16. The van der Waals surface area contributed by atoms with Crippen LogP contribution in [0.4, 0.5) is 0 Å². The van der Waals surface area contributed by atoms with E-state index in [0.29, 0.717) is 5.92 Å². The maximum Gasteiger partial charge on any atom is 0.119 e. The van der Waals surface area contributed by atoms with Crippen LogP contribution in [-0.2, 0) is 6.54 Å². The second-order valence-corrected chi connectivity index (χ2v) is 7.74. The van der Waals surface area contributed by atoms with Crippen molar-refractivity contribution in [3.63, 3.8) is 0 Å². The van der Waals surface area contributed by atoms with Crippen LogP contribution in [0.5, 0.6) is 5.75 Å². The maximum absolute atomic E-state index is 5.36. The molecular formula is C25H23N3O. The van der Waals surface area contributed by atoms with Gasteiger partial charge in [-0.2, -0.15) is 10.2 Å². The van der Waals surface area contributed by atoms with Gasteiger partial charge in [0.15, 0.2) is 0 Å². The molecule has 0 fully saturated rings. The molecule has 1 aromatic heterocycles. The first-order chi connectivity index (χ1) is 14.2. The molecule has 0 N–H and O–H groups in total. The molecule has 0 saturated carbocycles. The van der Waals surface area contributed by atoms with Gasteiger partial charge >= 0.3 is 0 Å². The minimum atomic E-state index is 0.353. The Labute approximate surface area is 170 Å². The van der Waals surface area contributed by atoms with Gasteiger partial charge in [0.25, 0.3) is 0 Å². The van der Waals surface area contributed by atoms with Crippen molar-refractivity contribution < 1.29 is 4.74 Å². The molecule has 0 saturated heterocycles. The quantitative estimate of drug-likeness (QED) is 0.507. The number of aromatic nitrogens is 2. The molecule has 0 aliphatic carbocycles. The van der Waals surface area contributed by atoms with Gasteiger partial charge in [-0.25, -0.2) is 0 Å². The number of methoxy groups -OCH3 is 1. The summed E-state index contributed by atoms with van der Waals surface area (Å²) in [5.74, 6) is 1.25. The summed E-state index contributed by atoms with van der Waals surface area (Å²) < 4.78 is 5.36. The van der Waals surface area contributed by atoms with E-state index in [4.69, 9.17) is 4.74 Å². The summed E-state index contributed by atoms with van der Waals surface area (Å²) in [4.78, 5) is 2.39. The highest BCUT2D eigenvalue weighted by atomic mass is 16.5. The summed E-state index contributed by atoms with van der Waals surface area (Å²) in [5, 5.41) is 10.7. The highest BCUT2D eigenvalue weighted by Crippen LogP contribution is 2.36. The summed E-state index contributed by atoms with van der Waals surface area (Å²) >= 11 is 0. The third kappa shape index (κ3) is 3.36. The Morgan fingerprint density at radius 1 is 0.966 bits per heavy atom. The van der Waals surface area contributed by atoms with Crippen LogP contribution >= 0.6 is 0 Å². The third-order valence-corrected chi connectivity index (χ3v) is 5.79. The van der Waals surface area contributed by atoms with Crippen molar-refractivity contribution in [2.24, 2.45) is 0 Å². The molecule has 4 heteroatoms. The summed E-state index contributed by atoms with van der Waals surface area (Å²) in [6.07, 6.45) is 1.71. The molecule has 4 aromatic rings. The van der Waals surface area contributed by atoms with Crippen LogP contribution in [-0.4, -0.2) is 35.8 Å². The number of ether oxygens (including phenoxy) is 1. The van der Waals surface area contributed by atoms with Crippen LogP contribution in [0, 0.1) is 0 Å². The number of rotatable bonds is 3. The highest BCUT2D eigenvalue weighted by Gasteiger charge is 2.25. The zero-order valence-electron chi connectivity index (χ0n) is 16.7. The molecule has 4 nitrogen and oxygen atoms in total. The molecule has 5 rings (SSSR count). The van der Waals surface area contributed by atoms with Crippen LogP contribution in [0.3, 0.4) is 0 Å². The zero-order chi connectivity index (χ0) is 19.8. The van der Waals surface area contributed by atoms with Crippen LogP contribution in [0.2, 0.25) is 0 Å². The molecule has 1 aliphatic heterocycles. The molecule has 0 amide bonds. The zero-order valence-corrected chi connectivity index (χ0v) is 16.7. The Balaban J connectivity index is 1.56. The number of likely N-dealkylation sites (N-methyl/N-ethyl adjacent to an activating group) is 1. The molecule has 29 heavy (non-hydrogen) atoms. The van der Waals surface area contributed by atoms with Crippen molar-refractivity contribution in [2.75, 3.05) is 20.7 Å². The maximum atomic E-state index is 5.36. The van der Waals surface area contributed by atoms with E-state index in [-0.39, 0.29) is 0 Å². The van der Waals surface area contributed by atoms with Gasteiger partial charge in [-0.15, -0.1) is 0 Å². The van der Waals surface area contributed by atoms with Crippen LogP contribution in [0.1, 0.15) is 22.6 Å². The van der Waals surface area contributed by atoms with E-state index in [0.717, 1.165) is 30.1 Å². The number of nitrogens with zero attached hydrogens (tertiary/aromatic N) is 3. The summed E-state index contributed by atoms with van der Waals surface area (Å²) in [6, 6.07) is 23.7. The van der Waals surface area contributed by atoms with Gasteiger partial charge < -0.3 is 9.64 Å².